The fourth-order valence-corrected chi connectivity index (χ4v) is 4.64. The third-order valence-electron chi connectivity index (χ3n) is 2.88. The Kier molecular flexibility index (Phi) is 7.61. The van der Waals surface area contributed by atoms with Gasteiger partial charge in [-0.3, -0.25) is 4.79 Å². The molecule has 2 aromatic rings. The second-order valence-corrected chi connectivity index (χ2v) is 9.07. The molecule has 24 heavy (non-hydrogen) atoms. The van der Waals surface area contributed by atoms with E-state index in [4.69, 9.17) is 11.6 Å². The first kappa shape index (κ1) is 19.3. The number of aromatic nitrogens is 2. The summed E-state index contributed by atoms with van der Waals surface area (Å²) in [6.45, 7) is 7.78. The number of thioether (sulfide) groups is 2. The van der Waals surface area contributed by atoms with Gasteiger partial charge in [0, 0.05) is 10.8 Å². The van der Waals surface area contributed by atoms with E-state index in [0.717, 1.165) is 25.6 Å². The van der Waals surface area contributed by atoms with E-state index in [1.54, 1.807) is 11.8 Å². The third-order valence-corrected chi connectivity index (χ3v) is 6.54. The van der Waals surface area contributed by atoms with Gasteiger partial charge in [-0.1, -0.05) is 70.7 Å². The molecule has 0 spiro atoms. The van der Waals surface area contributed by atoms with Crippen molar-refractivity contribution in [2.75, 3.05) is 11.5 Å². The molecule has 0 aliphatic carbocycles. The van der Waals surface area contributed by atoms with Crippen molar-refractivity contribution in [2.45, 2.75) is 28.6 Å². The van der Waals surface area contributed by atoms with Crippen molar-refractivity contribution in [3.63, 3.8) is 0 Å². The highest BCUT2D eigenvalue weighted by Gasteiger charge is 2.12. The molecule has 128 valence electrons. The number of amides is 1. The number of nitrogens with one attached hydrogen (secondary N) is 1. The van der Waals surface area contributed by atoms with Gasteiger partial charge in [-0.2, -0.15) is 0 Å². The van der Waals surface area contributed by atoms with E-state index in [9.17, 15) is 4.79 Å². The Labute approximate surface area is 159 Å². The van der Waals surface area contributed by atoms with Crippen molar-refractivity contribution in [1.29, 1.82) is 0 Å². The molecule has 4 nitrogen and oxygen atoms in total. The molecule has 1 aromatic carbocycles. The van der Waals surface area contributed by atoms with E-state index in [1.165, 1.54) is 23.1 Å². The number of rotatable bonds is 8. The zero-order valence-electron chi connectivity index (χ0n) is 13.4. The molecule has 0 unspecified atom stereocenters. The molecule has 1 N–H and O–H groups in total. The third kappa shape index (κ3) is 6.47. The predicted octanol–water partition coefficient (Wildman–Crippen LogP) is 4.83. The quantitative estimate of drug-likeness (QED) is 0.509. The molecule has 1 heterocycles. The van der Waals surface area contributed by atoms with Crippen LogP contribution in [0.3, 0.4) is 0 Å². The lowest BCUT2D eigenvalue weighted by atomic mass is 10.1. The molecule has 2 rings (SSSR count). The van der Waals surface area contributed by atoms with Gasteiger partial charge >= 0.3 is 0 Å². The maximum absolute atomic E-state index is 12.1. The number of carbonyl (C=O) groups is 1. The Balaban J connectivity index is 1.79. The Morgan fingerprint density at radius 2 is 2.00 bits per heavy atom. The van der Waals surface area contributed by atoms with Gasteiger partial charge in [0.15, 0.2) is 8.68 Å². The molecular weight excluding hydrogens is 382 g/mol. The Hall–Kier alpha value is -1.02. The fourth-order valence-electron chi connectivity index (χ4n) is 1.77. The Morgan fingerprint density at radius 3 is 2.62 bits per heavy atom. The molecule has 1 atom stereocenters. The number of nitrogens with zero attached hydrogens (tertiary/aromatic N) is 2. The van der Waals surface area contributed by atoms with Crippen LogP contribution in [-0.2, 0) is 4.79 Å². The van der Waals surface area contributed by atoms with Gasteiger partial charge in [-0.25, -0.2) is 0 Å². The van der Waals surface area contributed by atoms with Crippen LogP contribution in [0.15, 0.2) is 45.1 Å². The smallest absolute Gasteiger partial charge is 0.230 e. The number of hydrogen-bond donors (Lipinski definition) is 1. The normalized spacial score (nSPS) is 12.0. The van der Waals surface area contributed by atoms with Crippen molar-refractivity contribution in [3.05, 3.63) is 47.0 Å². The number of halogens is 1. The first-order chi connectivity index (χ1) is 11.4. The molecule has 0 aliphatic heterocycles. The fraction of sp³-hybridized carbons (Fsp3) is 0.312. The zero-order chi connectivity index (χ0) is 17.5. The van der Waals surface area contributed by atoms with Gasteiger partial charge in [0.1, 0.15) is 0 Å². The molecule has 0 saturated heterocycles. The lowest BCUT2D eigenvalue weighted by molar-refractivity contribution is -0.119. The SMILES string of the molecule is C=C(C)CSc1nnc(SCC(=O)N[C@H](C)c2cccc(Cl)c2)s1. The van der Waals surface area contributed by atoms with Gasteiger partial charge in [0.2, 0.25) is 5.91 Å². The summed E-state index contributed by atoms with van der Waals surface area (Å²) in [5, 5.41) is 11.8. The minimum atomic E-state index is -0.0899. The molecule has 1 amide bonds. The molecule has 0 aliphatic rings. The molecule has 0 bridgehead atoms. The predicted molar refractivity (Wildman–Crippen MR) is 104 cm³/mol. The summed E-state index contributed by atoms with van der Waals surface area (Å²) in [5.41, 5.74) is 2.08. The van der Waals surface area contributed by atoms with Crippen molar-refractivity contribution in [1.82, 2.24) is 15.5 Å². The highest BCUT2D eigenvalue weighted by Crippen LogP contribution is 2.29. The average molecular weight is 400 g/mol. The van der Waals surface area contributed by atoms with Crippen LogP contribution in [0.5, 0.6) is 0 Å². The second-order valence-electron chi connectivity index (χ2n) is 5.21. The summed E-state index contributed by atoms with van der Waals surface area (Å²) in [6.07, 6.45) is 0. The Bertz CT molecular complexity index is 720. The van der Waals surface area contributed by atoms with Crippen molar-refractivity contribution < 1.29 is 4.79 Å². The van der Waals surface area contributed by atoms with Crippen LogP contribution in [0, 0.1) is 0 Å². The van der Waals surface area contributed by atoms with E-state index in [0.29, 0.717) is 10.8 Å². The van der Waals surface area contributed by atoms with Crippen LogP contribution < -0.4 is 5.32 Å². The monoisotopic (exact) mass is 399 g/mol. The van der Waals surface area contributed by atoms with E-state index >= 15 is 0 Å². The minimum Gasteiger partial charge on any atom is -0.349 e. The van der Waals surface area contributed by atoms with Crippen LogP contribution in [0.2, 0.25) is 5.02 Å². The number of hydrogen-bond acceptors (Lipinski definition) is 6. The summed E-state index contributed by atoms with van der Waals surface area (Å²) in [7, 11) is 0. The minimum absolute atomic E-state index is 0.0428. The molecule has 0 saturated carbocycles. The highest BCUT2D eigenvalue weighted by atomic mass is 35.5. The van der Waals surface area contributed by atoms with E-state index in [-0.39, 0.29) is 11.9 Å². The summed E-state index contributed by atoms with van der Waals surface area (Å²) in [4.78, 5) is 12.1. The summed E-state index contributed by atoms with van der Waals surface area (Å²) in [5.74, 6) is 1.10. The molecular formula is C16H18ClN3OS3. The van der Waals surface area contributed by atoms with Gasteiger partial charge < -0.3 is 5.32 Å². The van der Waals surface area contributed by atoms with Crippen LogP contribution in [0.25, 0.3) is 0 Å². The van der Waals surface area contributed by atoms with E-state index in [1.807, 2.05) is 38.1 Å². The van der Waals surface area contributed by atoms with E-state index < -0.39 is 0 Å². The zero-order valence-corrected chi connectivity index (χ0v) is 16.6. The lowest BCUT2D eigenvalue weighted by Gasteiger charge is -2.14. The highest BCUT2D eigenvalue weighted by molar-refractivity contribution is 8.03. The Morgan fingerprint density at radius 1 is 1.33 bits per heavy atom. The van der Waals surface area contributed by atoms with Crippen molar-refractivity contribution in [3.8, 4) is 0 Å². The van der Waals surface area contributed by atoms with Gasteiger partial charge in [0.05, 0.1) is 11.8 Å². The average Bonchev–Trinajstić information content (AvgIpc) is 2.99. The maximum atomic E-state index is 12.1. The molecule has 1 aromatic heterocycles. The molecule has 8 heteroatoms. The first-order valence-electron chi connectivity index (χ1n) is 7.22. The topological polar surface area (TPSA) is 54.9 Å². The molecule has 0 fully saturated rings. The number of carbonyl (C=O) groups excluding carboxylic acids is 1. The van der Waals surface area contributed by atoms with Crippen LogP contribution in [-0.4, -0.2) is 27.6 Å². The van der Waals surface area contributed by atoms with Crippen molar-refractivity contribution in [2.24, 2.45) is 0 Å². The summed E-state index contributed by atoms with van der Waals surface area (Å²) < 4.78 is 1.69. The second kappa shape index (κ2) is 9.46. The summed E-state index contributed by atoms with van der Waals surface area (Å²) >= 11 is 10.5. The van der Waals surface area contributed by atoms with Crippen LogP contribution >= 0.6 is 46.5 Å². The lowest BCUT2D eigenvalue weighted by Crippen LogP contribution is -2.28. The van der Waals surface area contributed by atoms with Gasteiger partial charge in [-0.15, -0.1) is 10.2 Å². The summed E-state index contributed by atoms with van der Waals surface area (Å²) in [6, 6.07) is 7.40. The molecule has 0 radical (unpaired) electrons. The van der Waals surface area contributed by atoms with Crippen LogP contribution in [0.4, 0.5) is 0 Å². The van der Waals surface area contributed by atoms with Gasteiger partial charge in [-0.05, 0) is 31.5 Å². The van der Waals surface area contributed by atoms with E-state index in [2.05, 4.69) is 22.1 Å². The standard InChI is InChI=1S/C16H18ClN3OS3/c1-10(2)8-22-15-19-20-16(24-15)23-9-14(21)18-11(3)12-5-4-6-13(17)7-12/h4-7,11H,1,8-9H2,2-3H3,(H,18,21)/t11-/m1/s1. The maximum Gasteiger partial charge on any atom is 0.230 e. The largest absolute Gasteiger partial charge is 0.349 e. The van der Waals surface area contributed by atoms with Gasteiger partial charge in [0.25, 0.3) is 0 Å². The van der Waals surface area contributed by atoms with Crippen LogP contribution in [0.1, 0.15) is 25.5 Å². The number of benzene rings is 1. The first-order valence-corrected chi connectivity index (χ1v) is 10.4. The van der Waals surface area contributed by atoms with Crippen molar-refractivity contribution >= 4 is 52.4 Å².